The number of benzene rings is 1. The zero-order valence-corrected chi connectivity index (χ0v) is 13.6. The highest BCUT2D eigenvalue weighted by Crippen LogP contribution is 2.33. The van der Waals surface area contributed by atoms with Crippen molar-refractivity contribution in [1.29, 1.82) is 0 Å². The van der Waals surface area contributed by atoms with Crippen molar-refractivity contribution in [2.45, 2.75) is 12.8 Å². The zero-order chi connectivity index (χ0) is 17.0. The van der Waals surface area contributed by atoms with Gasteiger partial charge in [-0.3, -0.25) is 4.68 Å². The van der Waals surface area contributed by atoms with Gasteiger partial charge in [-0.15, -0.1) is 0 Å². The van der Waals surface area contributed by atoms with E-state index in [4.69, 9.17) is 11.6 Å². The number of hydrogen-bond donors (Lipinski definition) is 0. The maximum Gasteiger partial charge on any atom is 0.153 e. The first-order valence-corrected chi connectivity index (χ1v) is 7.65. The molecule has 4 rings (SSSR count). The monoisotopic (exact) mass is 347 g/mol. The van der Waals surface area contributed by atoms with Gasteiger partial charge in [0.2, 0.25) is 0 Å². The fourth-order valence-electron chi connectivity index (χ4n) is 2.94. The summed E-state index contributed by atoms with van der Waals surface area (Å²) >= 11 is 5.92. The van der Waals surface area contributed by atoms with Crippen LogP contribution in [0.15, 0.2) is 30.6 Å². The molecular weight excluding hydrogens is 336 g/mol. The van der Waals surface area contributed by atoms with Gasteiger partial charge >= 0.3 is 0 Å². The van der Waals surface area contributed by atoms with Crippen LogP contribution in [0.5, 0.6) is 0 Å². The molecule has 4 aromatic rings. The fraction of sp³-hybridized carbons (Fsp3) is 0.188. The topological polar surface area (TPSA) is 48.0 Å². The average molecular weight is 348 g/mol. The van der Waals surface area contributed by atoms with Gasteiger partial charge in [-0.2, -0.15) is 10.2 Å². The van der Waals surface area contributed by atoms with Gasteiger partial charge < -0.3 is 0 Å². The molecule has 24 heavy (non-hydrogen) atoms. The number of rotatable bonds is 2. The van der Waals surface area contributed by atoms with Gasteiger partial charge in [0, 0.05) is 24.6 Å². The van der Waals surface area contributed by atoms with Crippen LogP contribution in [0.25, 0.3) is 16.6 Å². The van der Waals surface area contributed by atoms with E-state index in [1.807, 2.05) is 0 Å². The van der Waals surface area contributed by atoms with Crippen molar-refractivity contribution in [2.75, 3.05) is 0 Å². The van der Waals surface area contributed by atoms with Crippen molar-refractivity contribution in [1.82, 2.24) is 24.4 Å². The molecule has 0 amide bonds. The molecule has 1 atom stereocenters. The largest absolute Gasteiger partial charge is 0.268 e. The Morgan fingerprint density at radius 1 is 1.21 bits per heavy atom. The van der Waals surface area contributed by atoms with Crippen molar-refractivity contribution in [3.05, 3.63) is 58.6 Å². The molecule has 8 heteroatoms. The van der Waals surface area contributed by atoms with Gasteiger partial charge in [0.1, 0.15) is 16.8 Å². The first-order valence-electron chi connectivity index (χ1n) is 7.27. The molecular formula is C16H12ClF2N5. The maximum absolute atomic E-state index is 14.9. The van der Waals surface area contributed by atoms with Crippen LogP contribution in [-0.4, -0.2) is 24.4 Å². The normalized spacial score (nSPS) is 13.0. The number of aromatic nitrogens is 5. The van der Waals surface area contributed by atoms with E-state index in [9.17, 15) is 8.78 Å². The lowest BCUT2D eigenvalue weighted by Crippen LogP contribution is -2.08. The zero-order valence-electron chi connectivity index (χ0n) is 12.8. The van der Waals surface area contributed by atoms with Crippen LogP contribution in [0.2, 0.25) is 5.15 Å². The van der Waals surface area contributed by atoms with Crippen LogP contribution in [-0.2, 0) is 7.05 Å². The molecule has 3 aromatic heterocycles. The molecule has 0 N–H and O–H groups in total. The van der Waals surface area contributed by atoms with Gasteiger partial charge in [-0.25, -0.2) is 18.3 Å². The lowest BCUT2D eigenvalue weighted by Gasteiger charge is -2.14. The minimum Gasteiger partial charge on any atom is -0.268 e. The molecule has 0 spiro atoms. The third-order valence-electron chi connectivity index (χ3n) is 4.21. The van der Waals surface area contributed by atoms with Crippen LogP contribution in [0.4, 0.5) is 8.78 Å². The molecule has 0 aliphatic heterocycles. The van der Waals surface area contributed by atoms with E-state index in [2.05, 4.69) is 15.2 Å². The molecule has 5 nitrogen and oxygen atoms in total. The molecule has 1 aromatic carbocycles. The Bertz CT molecular complexity index is 1090. The highest BCUT2D eigenvalue weighted by atomic mass is 35.5. The minimum atomic E-state index is -0.631. The van der Waals surface area contributed by atoms with E-state index in [-0.39, 0.29) is 16.1 Å². The molecule has 0 fully saturated rings. The van der Waals surface area contributed by atoms with Gasteiger partial charge in [0.05, 0.1) is 29.0 Å². The number of fused-ring (bicyclic) bond motifs is 2. The lowest BCUT2D eigenvalue weighted by molar-refractivity contribution is 0.550. The van der Waals surface area contributed by atoms with Crippen molar-refractivity contribution < 1.29 is 8.78 Å². The summed E-state index contributed by atoms with van der Waals surface area (Å²) in [6.07, 6.45) is 2.94. The third-order valence-corrected chi connectivity index (χ3v) is 4.41. The maximum atomic E-state index is 14.9. The summed E-state index contributed by atoms with van der Waals surface area (Å²) in [7, 11) is 1.64. The second-order valence-electron chi connectivity index (χ2n) is 5.62. The van der Waals surface area contributed by atoms with E-state index in [0.29, 0.717) is 16.9 Å². The van der Waals surface area contributed by atoms with Crippen LogP contribution in [0, 0.1) is 11.6 Å². The minimum absolute atomic E-state index is 0.0425. The van der Waals surface area contributed by atoms with Gasteiger partial charge in [-0.1, -0.05) is 18.5 Å². The number of nitrogens with zero attached hydrogens (tertiary/aromatic N) is 5. The standard InChI is InChI=1S/C16H12ClF2N5/c1-8(12-7-20-14-4-3-13(17)22-24(12)14)15-10(18)5-11-9(16(15)19)6-21-23(11)2/h3-8H,1-2H3/t8-/m1/s1. The SMILES string of the molecule is C[C@@H](c1c(F)cc2c(cnn2C)c1F)c1cnc2ccc(Cl)nn12. The molecule has 0 aliphatic rings. The van der Waals surface area contributed by atoms with Crippen LogP contribution in [0.3, 0.4) is 0 Å². The Labute approximate surface area is 140 Å². The van der Waals surface area contributed by atoms with Gasteiger partial charge in [0.25, 0.3) is 0 Å². The fourth-order valence-corrected chi connectivity index (χ4v) is 3.08. The predicted octanol–water partition coefficient (Wildman–Crippen LogP) is 3.70. The molecule has 122 valence electrons. The van der Waals surface area contributed by atoms with E-state index >= 15 is 0 Å². The van der Waals surface area contributed by atoms with E-state index in [1.165, 1.54) is 21.5 Å². The third kappa shape index (κ3) is 2.08. The second-order valence-corrected chi connectivity index (χ2v) is 6.01. The Balaban J connectivity index is 1.94. The lowest BCUT2D eigenvalue weighted by atomic mass is 9.95. The first kappa shape index (κ1) is 15.0. The highest BCUT2D eigenvalue weighted by molar-refractivity contribution is 6.29. The summed E-state index contributed by atoms with van der Waals surface area (Å²) in [5, 5.41) is 8.71. The molecule has 3 heterocycles. The van der Waals surface area contributed by atoms with Gasteiger partial charge in [0.15, 0.2) is 5.65 Å². The average Bonchev–Trinajstić information content (AvgIpc) is 3.11. The summed E-state index contributed by atoms with van der Waals surface area (Å²) in [6.45, 7) is 1.70. The number of aryl methyl sites for hydroxylation is 1. The highest BCUT2D eigenvalue weighted by Gasteiger charge is 2.24. The van der Waals surface area contributed by atoms with E-state index < -0.39 is 17.6 Å². The number of imidazole rings is 1. The van der Waals surface area contributed by atoms with Gasteiger partial charge in [-0.05, 0) is 12.1 Å². The van der Waals surface area contributed by atoms with Crippen molar-refractivity contribution >= 4 is 28.2 Å². The second kappa shape index (κ2) is 5.24. The van der Waals surface area contributed by atoms with E-state index in [1.54, 1.807) is 32.3 Å². The van der Waals surface area contributed by atoms with Crippen LogP contribution < -0.4 is 0 Å². The summed E-state index contributed by atoms with van der Waals surface area (Å²) < 4.78 is 32.4. The summed E-state index contributed by atoms with van der Waals surface area (Å²) in [5.74, 6) is -1.86. The van der Waals surface area contributed by atoms with E-state index in [0.717, 1.165) is 0 Å². The van der Waals surface area contributed by atoms with Crippen molar-refractivity contribution in [2.24, 2.45) is 7.05 Å². The molecule has 0 radical (unpaired) electrons. The number of hydrogen-bond acceptors (Lipinski definition) is 3. The Kier molecular flexibility index (Phi) is 3.28. The quantitative estimate of drug-likeness (QED) is 0.555. The smallest absolute Gasteiger partial charge is 0.153 e. The molecule has 0 saturated heterocycles. The van der Waals surface area contributed by atoms with Crippen molar-refractivity contribution in [3.8, 4) is 0 Å². The molecule has 0 aliphatic carbocycles. The predicted molar refractivity (Wildman–Crippen MR) is 86.1 cm³/mol. The molecule has 0 unspecified atom stereocenters. The molecule has 0 bridgehead atoms. The van der Waals surface area contributed by atoms with Crippen molar-refractivity contribution in [3.63, 3.8) is 0 Å². The Morgan fingerprint density at radius 3 is 2.79 bits per heavy atom. The Hall–Kier alpha value is -2.54. The molecule has 0 saturated carbocycles. The summed E-state index contributed by atoms with van der Waals surface area (Å²) in [4.78, 5) is 4.21. The number of halogens is 3. The van der Waals surface area contributed by atoms with Crippen LogP contribution in [0.1, 0.15) is 24.1 Å². The van der Waals surface area contributed by atoms with Crippen LogP contribution >= 0.6 is 11.6 Å². The Morgan fingerprint density at radius 2 is 2.00 bits per heavy atom. The first-order chi connectivity index (χ1) is 11.5. The summed E-state index contributed by atoms with van der Waals surface area (Å²) in [6, 6.07) is 4.60. The summed E-state index contributed by atoms with van der Waals surface area (Å²) in [5.41, 5.74) is 1.47.